The van der Waals surface area contributed by atoms with Gasteiger partial charge in [0.2, 0.25) is 0 Å². The molecule has 0 unspecified atom stereocenters. The van der Waals surface area contributed by atoms with Gasteiger partial charge in [0.1, 0.15) is 11.7 Å². The zero-order valence-corrected chi connectivity index (χ0v) is 12.0. The molecule has 0 aromatic carbocycles. The molecule has 20 heavy (non-hydrogen) atoms. The van der Waals surface area contributed by atoms with Crippen LogP contribution in [0.3, 0.4) is 0 Å². The zero-order valence-electron chi connectivity index (χ0n) is 12.0. The van der Waals surface area contributed by atoms with Crippen molar-refractivity contribution in [2.75, 3.05) is 6.61 Å². The largest absolute Gasteiger partial charge is 0.465 e. The Bertz CT molecular complexity index is 402. The van der Waals surface area contributed by atoms with E-state index in [-0.39, 0.29) is 13.0 Å². The van der Waals surface area contributed by atoms with Crippen LogP contribution < -0.4 is 0 Å². The van der Waals surface area contributed by atoms with Crippen LogP contribution in [0.5, 0.6) is 0 Å². The minimum absolute atomic E-state index is 0.0299. The first-order valence-corrected chi connectivity index (χ1v) is 6.34. The summed E-state index contributed by atoms with van der Waals surface area (Å²) < 4.78 is 15.0. The molecule has 0 aliphatic heterocycles. The summed E-state index contributed by atoms with van der Waals surface area (Å²) in [5, 5.41) is 10.5. The van der Waals surface area contributed by atoms with Crippen LogP contribution in [-0.2, 0) is 28.6 Å². The van der Waals surface area contributed by atoms with Gasteiger partial charge in [0.15, 0.2) is 6.10 Å². The van der Waals surface area contributed by atoms with Crippen LogP contribution in [0.4, 0.5) is 0 Å². The molecular weight excluding hydrogens is 268 g/mol. The van der Waals surface area contributed by atoms with Gasteiger partial charge in [0, 0.05) is 26.7 Å². The summed E-state index contributed by atoms with van der Waals surface area (Å²) in [6.07, 6.45) is -1.49. The fraction of sp³-hybridized carbons (Fsp3) is 0.769. The maximum Gasteiger partial charge on any atom is 0.303 e. The molecule has 7 nitrogen and oxygen atoms in total. The fourth-order valence-corrected chi connectivity index (χ4v) is 2.40. The van der Waals surface area contributed by atoms with Crippen molar-refractivity contribution in [3.05, 3.63) is 0 Å². The number of carbonyl (C=O) groups excluding carboxylic acids is 3. The van der Waals surface area contributed by atoms with Crippen molar-refractivity contribution in [2.24, 2.45) is 5.92 Å². The van der Waals surface area contributed by atoms with Crippen LogP contribution in [-0.4, -0.2) is 47.4 Å². The molecule has 7 heteroatoms. The van der Waals surface area contributed by atoms with E-state index in [1.807, 2.05) is 0 Å². The molecule has 0 spiro atoms. The van der Waals surface area contributed by atoms with Gasteiger partial charge in [-0.05, 0) is 13.3 Å². The van der Waals surface area contributed by atoms with E-state index in [0.717, 1.165) is 0 Å². The smallest absolute Gasteiger partial charge is 0.303 e. The summed E-state index contributed by atoms with van der Waals surface area (Å²) in [5.41, 5.74) is -1.44. The number of hydrogen-bond acceptors (Lipinski definition) is 7. The van der Waals surface area contributed by atoms with Crippen LogP contribution >= 0.6 is 0 Å². The molecular formula is C13H20O7. The molecule has 1 aliphatic carbocycles. The van der Waals surface area contributed by atoms with Gasteiger partial charge in [-0.1, -0.05) is 0 Å². The number of hydrogen-bond donors (Lipinski definition) is 1. The van der Waals surface area contributed by atoms with Crippen LogP contribution in [0.15, 0.2) is 0 Å². The molecule has 1 saturated carbocycles. The van der Waals surface area contributed by atoms with Gasteiger partial charge >= 0.3 is 17.9 Å². The topological polar surface area (TPSA) is 99.1 Å². The van der Waals surface area contributed by atoms with Crippen molar-refractivity contribution in [3.63, 3.8) is 0 Å². The minimum atomic E-state index is -1.44. The molecule has 1 N–H and O–H groups in total. The normalized spacial score (nSPS) is 32.5. The minimum Gasteiger partial charge on any atom is -0.465 e. The highest BCUT2D eigenvalue weighted by Gasteiger charge is 2.55. The first-order chi connectivity index (χ1) is 9.14. The number of esters is 3. The second-order valence-corrected chi connectivity index (χ2v) is 5.14. The van der Waals surface area contributed by atoms with Crippen LogP contribution in [0.1, 0.15) is 34.1 Å². The number of ether oxygens (including phenoxy) is 3. The Kier molecular flexibility index (Phi) is 5.10. The van der Waals surface area contributed by atoms with E-state index in [0.29, 0.717) is 0 Å². The van der Waals surface area contributed by atoms with Gasteiger partial charge in [0.05, 0.1) is 6.61 Å². The van der Waals surface area contributed by atoms with Crippen molar-refractivity contribution in [3.8, 4) is 0 Å². The molecule has 1 aliphatic rings. The standard InChI is InChI=1S/C13H20O7/c1-7(14)18-6-10-5-11(19-8(2)15)12(13(10,4)17)20-9(3)16/h10-12,17H,5-6H2,1-4H3/t10-,11-,12+,13+/m1/s1. The lowest BCUT2D eigenvalue weighted by molar-refractivity contribution is -0.178. The number of carbonyl (C=O) groups is 3. The highest BCUT2D eigenvalue weighted by molar-refractivity contribution is 5.68. The zero-order chi connectivity index (χ0) is 15.5. The van der Waals surface area contributed by atoms with E-state index >= 15 is 0 Å². The van der Waals surface area contributed by atoms with Crippen molar-refractivity contribution >= 4 is 17.9 Å². The van der Waals surface area contributed by atoms with Crippen LogP contribution in [0.2, 0.25) is 0 Å². The molecule has 114 valence electrons. The predicted molar refractivity (Wildman–Crippen MR) is 66.5 cm³/mol. The summed E-state index contributed by atoms with van der Waals surface area (Å²) >= 11 is 0. The third-order valence-electron chi connectivity index (χ3n) is 3.36. The summed E-state index contributed by atoms with van der Waals surface area (Å²) in [7, 11) is 0. The van der Waals surface area contributed by atoms with Gasteiger partial charge in [-0.3, -0.25) is 14.4 Å². The highest BCUT2D eigenvalue weighted by atomic mass is 16.6. The Labute approximate surface area is 117 Å². The molecule has 0 radical (unpaired) electrons. The quantitative estimate of drug-likeness (QED) is 0.582. The average Bonchev–Trinajstić information content (AvgIpc) is 2.48. The van der Waals surface area contributed by atoms with Crippen LogP contribution in [0, 0.1) is 5.92 Å². The Balaban J connectivity index is 2.87. The van der Waals surface area contributed by atoms with E-state index in [1.165, 1.54) is 27.7 Å². The molecule has 0 amide bonds. The summed E-state index contributed by atoms with van der Waals surface area (Å²) in [6.45, 7) is 5.14. The SMILES string of the molecule is CC(=O)OC[C@H]1C[C@@H](OC(C)=O)[C@H](OC(C)=O)[C@@]1(C)O. The maximum absolute atomic E-state index is 11.1. The summed E-state index contributed by atoms with van der Waals surface area (Å²) in [6, 6.07) is 0. The molecule has 0 saturated heterocycles. The van der Waals surface area contributed by atoms with Gasteiger partial charge in [-0.25, -0.2) is 0 Å². The van der Waals surface area contributed by atoms with Crippen LogP contribution in [0.25, 0.3) is 0 Å². The molecule has 4 atom stereocenters. The number of aliphatic hydroxyl groups is 1. The molecule has 0 aromatic rings. The first-order valence-electron chi connectivity index (χ1n) is 6.34. The average molecular weight is 288 g/mol. The monoisotopic (exact) mass is 288 g/mol. The lowest BCUT2D eigenvalue weighted by atomic mass is 9.92. The number of rotatable bonds is 4. The third-order valence-corrected chi connectivity index (χ3v) is 3.36. The first kappa shape index (κ1) is 16.4. The highest BCUT2D eigenvalue weighted by Crippen LogP contribution is 2.39. The Morgan fingerprint density at radius 2 is 1.65 bits per heavy atom. The Morgan fingerprint density at radius 1 is 1.10 bits per heavy atom. The third kappa shape index (κ3) is 3.93. The van der Waals surface area contributed by atoms with Crippen molar-refractivity contribution in [1.29, 1.82) is 0 Å². The van der Waals surface area contributed by atoms with Gasteiger partial charge in [0.25, 0.3) is 0 Å². The van der Waals surface area contributed by atoms with E-state index in [4.69, 9.17) is 14.2 Å². The maximum atomic E-state index is 11.1. The van der Waals surface area contributed by atoms with E-state index in [9.17, 15) is 19.5 Å². The second-order valence-electron chi connectivity index (χ2n) is 5.14. The van der Waals surface area contributed by atoms with Crippen molar-refractivity contribution < 1.29 is 33.7 Å². The Morgan fingerprint density at radius 3 is 2.10 bits per heavy atom. The van der Waals surface area contributed by atoms with E-state index < -0.39 is 41.6 Å². The van der Waals surface area contributed by atoms with Gasteiger partial charge in [-0.15, -0.1) is 0 Å². The van der Waals surface area contributed by atoms with Gasteiger partial charge in [-0.2, -0.15) is 0 Å². The molecule has 1 fully saturated rings. The lowest BCUT2D eigenvalue weighted by Crippen LogP contribution is -2.47. The van der Waals surface area contributed by atoms with Gasteiger partial charge < -0.3 is 19.3 Å². The summed E-state index contributed by atoms with van der Waals surface area (Å²) in [4.78, 5) is 33.1. The molecule has 1 rings (SSSR count). The van der Waals surface area contributed by atoms with Crippen molar-refractivity contribution in [2.45, 2.75) is 51.9 Å². The second kappa shape index (κ2) is 6.21. The predicted octanol–water partition coefficient (Wildman–Crippen LogP) is 0.184. The summed E-state index contributed by atoms with van der Waals surface area (Å²) in [5.74, 6) is -2.07. The van der Waals surface area contributed by atoms with Crippen molar-refractivity contribution in [1.82, 2.24) is 0 Å². The lowest BCUT2D eigenvalue weighted by Gasteiger charge is -2.31. The van der Waals surface area contributed by atoms with E-state index in [2.05, 4.69) is 0 Å². The fourth-order valence-electron chi connectivity index (χ4n) is 2.40. The molecule has 0 bridgehead atoms. The molecule has 0 aromatic heterocycles. The van der Waals surface area contributed by atoms with E-state index in [1.54, 1.807) is 0 Å². The Hall–Kier alpha value is -1.63. The molecule has 0 heterocycles.